The first-order valence-corrected chi connectivity index (χ1v) is 13.2. The molecule has 7 heteroatoms. The van der Waals surface area contributed by atoms with Gasteiger partial charge in [-0.3, -0.25) is 9.89 Å². The highest BCUT2D eigenvalue weighted by Crippen LogP contribution is 2.35. The predicted molar refractivity (Wildman–Crippen MR) is 144 cm³/mol. The monoisotopic (exact) mass is 508 g/mol. The molecule has 0 amide bonds. The number of H-pyrrole nitrogens is 1. The Balaban J connectivity index is 1.35. The third-order valence-electron chi connectivity index (χ3n) is 5.75. The van der Waals surface area contributed by atoms with Crippen LogP contribution in [-0.2, 0) is 17.6 Å². The van der Waals surface area contributed by atoms with Crippen LogP contribution in [0.5, 0.6) is 5.75 Å². The molecule has 35 heavy (non-hydrogen) atoms. The van der Waals surface area contributed by atoms with Crippen LogP contribution in [0.4, 0.5) is 0 Å². The summed E-state index contributed by atoms with van der Waals surface area (Å²) in [5.41, 5.74) is 5.02. The van der Waals surface area contributed by atoms with Crippen LogP contribution >= 0.6 is 23.4 Å². The number of rotatable bonds is 12. The maximum Gasteiger partial charge on any atom is 0.307 e. The fourth-order valence-electron chi connectivity index (χ4n) is 4.12. The number of thioether (sulfide) groups is 1. The lowest BCUT2D eigenvalue weighted by Crippen LogP contribution is -2.02. The van der Waals surface area contributed by atoms with Crippen molar-refractivity contribution in [1.82, 2.24) is 10.2 Å². The van der Waals surface area contributed by atoms with Crippen molar-refractivity contribution in [2.75, 3.05) is 12.4 Å². The molecular formula is C28H29ClN2O3S. The molecule has 4 rings (SSSR count). The average molecular weight is 509 g/mol. The third-order valence-corrected chi connectivity index (χ3v) is 7.33. The zero-order valence-corrected chi connectivity index (χ0v) is 21.3. The number of nitrogens with one attached hydrogen (secondary N) is 1. The lowest BCUT2D eigenvalue weighted by molar-refractivity contribution is -0.136. The molecule has 5 nitrogen and oxygen atoms in total. The minimum absolute atomic E-state index is 0.0144. The van der Waals surface area contributed by atoms with Gasteiger partial charge in [-0.05, 0) is 54.8 Å². The van der Waals surface area contributed by atoms with Crippen LogP contribution in [0.15, 0.2) is 65.6 Å². The Bertz CT molecular complexity index is 1290. The number of carboxylic acids is 1. The van der Waals surface area contributed by atoms with E-state index in [0.717, 1.165) is 64.2 Å². The Morgan fingerprint density at radius 2 is 1.94 bits per heavy atom. The van der Waals surface area contributed by atoms with E-state index in [1.165, 1.54) is 5.56 Å². The summed E-state index contributed by atoms with van der Waals surface area (Å²) in [6.07, 6.45) is 3.86. The third kappa shape index (κ3) is 6.38. The summed E-state index contributed by atoms with van der Waals surface area (Å²) in [5.74, 6) is 0.997. The normalized spacial score (nSPS) is 11.1. The number of ether oxygens (including phenoxy) is 1. The number of benzene rings is 3. The van der Waals surface area contributed by atoms with Gasteiger partial charge in [0.05, 0.1) is 23.6 Å². The van der Waals surface area contributed by atoms with Crippen LogP contribution in [0.3, 0.4) is 0 Å². The van der Waals surface area contributed by atoms with Gasteiger partial charge in [-0.15, -0.1) is 11.8 Å². The number of aromatic amines is 1. The Morgan fingerprint density at radius 1 is 1.11 bits per heavy atom. The smallest absolute Gasteiger partial charge is 0.307 e. The van der Waals surface area contributed by atoms with E-state index in [0.29, 0.717) is 17.2 Å². The number of hydrogen-bond acceptors (Lipinski definition) is 4. The molecule has 0 saturated heterocycles. The highest BCUT2D eigenvalue weighted by molar-refractivity contribution is 7.99. The van der Waals surface area contributed by atoms with E-state index in [1.807, 2.05) is 36.4 Å². The number of aromatic nitrogens is 2. The molecule has 0 fully saturated rings. The largest absolute Gasteiger partial charge is 0.493 e. The van der Waals surface area contributed by atoms with Crippen molar-refractivity contribution in [3.63, 3.8) is 0 Å². The maximum atomic E-state index is 10.9. The summed E-state index contributed by atoms with van der Waals surface area (Å²) in [6, 6.07) is 19.8. The maximum absolute atomic E-state index is 10.9. The van der Waals surface area contributed by atoms with Crippen molar-refractivity contribution >= 4 is 40.2 Å². The number of aryl methyl sites for hydroxylation is 1. The molecule has 0 saturated carbocycles. The fraction of sp³-hybridized carbons (Fsp3) is 0.286. The van der Waals surface area contributed by atoms with Crippen molar-refractivity contribution in [1.29, 1.82) is 0 Å². The van der Waals surface area contributed by atoms with Crippen molar-refractivity contribution in [3.8, 4) is 17.0 Å². The first-order chi connectivity index (χ1) is 17.1. The van der Waals surface area contributed by atoms with E-state index >= 15 is 0 Å². The number of unbranched alkanes of at least 4 members (excludes halogenated alkanes) is 1. The van der Waals surface area contributed by atoms with Crippen LogP contribution in [0, 0.1) is 0 Å². The lowest BCUT2D eigenvalue weighted by atomic mass is 9.99. The van der Waals surface area contributed by atoms with Gasteiger partial charge in [-0.1, -0.05) is 61.3 Å². The van der Waals surface area contributed by atoms with E-state index in [4.69, 9.17) is 21.4 Å². The van der Waals surface area contributed by atoms with Crippen LogP contribution in [-0.4, -0.2) is 33.6 Å². The minimum Gasteiger partial charge on any atom is -0.493 e. The van der Waals surface area contributed by atoms with Gasteiger partial charge in [0.25, 0.3) is 0 Å². The first kappa shape index (κ1) is 25.1. The van der Waals surface area contributed by atoms with E-state index in [-0.39, 0.29) is 6.42 Å². The van der Waals surface area contributed by atoms with Crippen LogP contribution in [0.2, 0.25) is 5.02 Å². The van der Waals surface area contributed by atoms with E-state index < -0.39 is 5.97 Å². The van der Waals surface area contributed by atoms with Crippen LogP contribution < -0.4 is 4.74 Å². The van der Waals surface area contributed by atoms with Gasteiger partial charge in [0.15, 0.2) is 0 Å². The quantitative estimate of drug-likeness (QED) is 0.154. The Kier molecular flexibility index (Phi) is 8.72. The molecule has 0 aliphatic heterocycles. The van der Waals surface area contributed by atoms with Gasteiger partial charge in [0.1, 0.15) is 11.4 Å². The lowest BCUT2D eigenvalue weighted by Gasteiger charge is -2.13. The SMILES string of the molecule is CCCc1c(OCCCCSc2ccc(CC(=O)O)cc2Cl)ccc2[nH]nc(-c3ccccc3)c12. The minimum atomic E-state index is -0.855. The van der Waals surface area contributed by atoms with Gasteiger partial charge >= 0.3 is 5.97 Å². The molecule has 0 unspecified atom stereocenters. The van der Waals surface area contributed by atoms with E-state index in [9.17, 15) is 4.79 Å². The van der Waals surface area contributed by atoms with Crippen molar-refractivity contribution in [2.45, 2.75) is 43.9 Å². The molecular weight excluding hydrogens is 480 g/mol. The summed E-state index contributed by atoms with van der Waals surface area (Å²) in [7, 11) is 0. The summed E-state index contributed by atoms with van der Waals surface area (Å²) in [5, 5.41) is 18.5. The number of carboxylic acid groups (broad SMARTS) is 1. The number of fused-ring (bicyclic) bond motifs is 1. The highest BCUT2D eigenvalue weighted by Gasteiger charge is 2.16. The zero-order chi connectivity index (χ0) is 24.6. The Hall–Kier alpha value is -2.96. The molecule has 1 aromatic heterocycles. The molecule has 0 spiro atoms. The molecule has 4 aromatic rings. The van der Waals surface area contributed by atoms with Crippen molar-refractivity contribution in [2.24, 2.45) is 0 Å². The number of halogens is 1. The second-order valence-corrected chi connectivity index (χ2v) is 9.94. The molecule has 3 aromatic carbocycles. The molecule has 0 bridgehead atoms. The van der Waals surface area contributed by atoms with Crippen LogP contribution in [0.1, 0.15) is 37.3 Å². The van der Waals surface area contributed by atoms with Crippen molar-refractivity contribution in [3.05, 3.63) is 76.8 Å². The summed E-state index contributed by atoms with van der Waals surface area (Å²) >= 11 is 8.02. The standard InChI is InChI=1S/C28H29ClN2O3S/c1-2-8-21-24(13-12-23-27(21)28(31-30-23)20-9-4-3-5-10-20)34-15-6-7-16-35-25-14-11-19(17-22(25)29)18-26(32)33/h3-5,9-14,17H,2,6-8,15-16,18H2,1H3,(H,30,31)(H,32,33). The molecule has 1 heterocycles. The number of carbonyl (C=O) groups is 1. The Labute approximate surface area is 214 Å². The number of hydrogen-bond donors (Lipinski definition) is 2. The van der Waals surface area contributed by atoms with Crippen molar-refractivity contribution < 1.29 is 14.6 Å². The molecule has 182 valence electrons. The second kappa shape index (κ2) is 12.1. The number of aliphatic carboxylic acids is 1. The predicted octanol–water partition coefficient (Wildman–Crippen LogP) is 7.41. The van der Waals surface area contributed by atoms with E-state index in [1.54, 1.807) is 17.8 Å². The molecule has 2 N–H and O–H groups in total. The molecule has 0 aliphatic rings. The fourth-order valence-corrected chi connectivity index (χ4v) is 5.41. The van der Waals surface area contributed by atoms with Crippen LogP contribution in [0.25, 0.3) is 22.2 Å². The molecule has 0 atom stereocenters. The Morgan fingerprint density at radius 3 is 2.69 bits per heavy atom. The average Bonchev–Trinajstić information content (AvgIpc) is 3.28. The number of nitrogens with zero attached hydrogens (tertiary/aromatic N) is 1. The summed E-state index contributed by atoms with van der Waals surface area (Å²) in [6.45, 7) is 2.83. The second-order valence-electron chi connectivity index (χ2n) is 8.39. The highest BCUT2D eigenvalue weighted by atomic mass is 35.5. The zero-order valence-electron chi connectivity index (χ0n) is 19.7. The van der Waals surface area contributed by atoms with Gasteiger partial charge in [0.2, 0.25) is 0 Å². The van der Waals surface area contributed by atoms with Gasteiger partial charge in [0, 0.05) is 21.4 Å². The van der Waals surface area contributed by atoms with E-state index in [2.05, 4.69) is 35.3 Å². The molecule has 0 aliphatic carbocycles. The van der Waals surface area contributed by atoms with Gasteiger partial charge in [-0.2, -0.15) is 5.10 Å². The summed E-state index contributed by atoms with van der Waals surface area (Å²) < 4.78 is 6.25. The summed E-state index contributed by atoms with van der Waals surface area (Å²) in [4.78, 5) is 11.8. The first-order valence-electron chi connectivity index (χ1n) is 11.9. The van der Waals surface area contributed by atoms with Gasteiger partial charge in [-0.25, -0.2) is 0 Å². The topological polar surface area (TPSA) is 75.2 Å². The molecule has 0 radical (unpaired) electrons. The van der Waals surface area contributed by atoms with Gasteiger partial charge < -0.3 is 9.84 Å².